The van der Waals surface area contributed by atoms with E-state index in [0.29, 0.717) is 23.6 Å². The van der Waals surface area contributed by atoms with Gasteiger partial charge in [-0.15, -0.1) is 11.3 Å². The van der Waals surface area contributed by atoms with Crippen LogP contribution in [0.3, 0.4) is 0 Å². The monoisotopic (exact) mass is 355 g/mol. The summed E-state index contributed by atoms with van der Waals surface area (Å²) in [6.45, 7) is 4.17. The number of benzene rings is 1. The first-order chi connectivity index (χ1) is 12.0. The third-order valence-corrected chi connectivity index (χ3v) is 5.45. The van der Waals surface area contributed by atoms with Gasteiger partial charge in [-0.05, 0) is 36.1 Å². The van der Waals surface area contributed by atoms with Crippen LogP contribution in [-0.4, -0.2) is 32.9 Å². The van der Waals surface area contributed by atoms with Crippen LogP contribution in [0.2, 0.25) is 0 Å². The van der Waals surface area contributed by atoms with Crippen molar-refractivity contribution in [2.75, 3.05) is 11.4 Å². The molecule has 1 aliphatic heterocycles. The molecule has 1 aromatic carbocycles. The number of fused-ring (bicyclic) bond motifs is 2. The lowest BCUT2D eigenvalue weighted by molar-refractivity contribution is -0.116. The van der Waals surface area contributed by atoms with Crippen molar-refractivity contribution in [3.8, 4) is 11.3 Å². The molecule has 0 radical (unpaired) electrons. The van der Waals surface area contributed by atoms with Gasteiger partial charge in [-0.1, -0.05) is 13.0 Å². The number of hydrogen-bond donors (Lipinski definition) is 1. The van der Waals surface area contributed by atoms with E-state index >= 15 is 0 Å². The molecule has 25 heavy (non-hydrogen) atoms. The molecule has 1 aliphatic rings. The quantitative estimate of drug-likeness (QED) is 0.783. The minimum absolute atomic E-state index is 0.0415. The van der Waals surface area contributed by atoms with E-state index in [2.05, 4.69) is 11.1 Å². The Morgan fingerprint density at radius 1 is 1.36 bits per heavy atom. The first-order valence-corrected chi connectivity index (χ1v) is 9.02. The molecule has 1 amide bonds. The number of carbonyl (C=O) groups is 2. The van der Waals surface area contributed by atoms with Gasteiger partial charge in [0.25, 0.3) is 0 Å². The summed E-state index contributed by atoms with van der Waals surface area (Å²) >= 11 is 1.44. The summed E-state index contributed by atoms with van der Waals surface area (Å²) in [4.78, 5) is 30.4. The lowest BCUT2D eigenvalue weighted by Gasteiger charge is -2.14. The van der Waals surface area contributed by atoms with Gasteiger partial charge in [0.05, 0.1) is 11.4 Å². The Morgan fingerprint density at radius 2 is 2.16 bits per heavy atom. The SMILES string of the molecule is CCc1nc2scc(-c3ccc4c(c3)CCN4C(C)=O)n2c1C(=O)O. The largest absolute Gasteiger partial charge is 0.477 e. The van der Waals surface area contributed by atoms with Crippen LogP contribution in [0, 0.1) is 0 Å². The standard InChI is InChI=1S/C18H17N3O3S/c1-3-13-16(17(23)24)21-15(9-25-18(21)19-13)11-4-5-14-12(8-11)6-7-20(14)10(2)22/h4-5,8-9H,3,6-7H2,1-2H3,(H,23,24). The summed E-state index contributed by atoms with van der Waals surface area (Å²) in [5.41, 5.74) is 4.66. The van der Waals surface area contributed by atoms with E-state index in [1.54, 1.807) is 16.2 Å². The molecule has 0 unspecified atom stereocenters. The van der Waals surface area contributed by atoms with Gasteiger partial charge in [0.15, 0.2) is 10.7 Å². The lowest BCUT2D eigenvalue weighted by Crippen LogP contribution is -2.25. The molecular formula is C18H17N3O3S. The topological polar surface area (TPSA) is 74.9 Å². The van der Waals surface area contributed by atoms with Crippen molar-refractivity contribution in [3.63, 3.8) is 0 Å². The maximum Gasteiger partial charge on any atom is 0.354 e. The molecule has 0 saturated carbocycles. The Balaban J connectivity index is 1.87. The summed E-state index contributed by atoms with van der Waals surface area (Å²) in [7, 11) is 0. The number of thiazole rings is 1. The van der Waals surface area contributed by atoms with Gasteiger partial charge in [0.1, 0.15) is 0 Å². The van der Waals surface area contributed by atoms with Crippen molar-refractivity contribution in [2.24, 2.45) is 0 Å². The highest BCUT2D eigenvalue weighted by Gasteiger charge is 2.25. The van der Waals surface area contributed by atoms with Crippen LogP contribution in [0.15, 0.2) is 23.6 Å². The first kappa shape index (κ1) is 15.8. The number of hydrogen-bond acceptors (Lipinski definition) is 4. The fraction of sp³-hybridized carbons (Fsp3) is 0.278. The van der Waals surface area contributed by atoms with Crippen molar-refractivity contribution >= 4 is 33.9 Å². The third kappa shape index (κ3) is 2.34. The molecule has 4 rings (SSSR count). The predicted molar refractivity (Wildman–Crippen MR) is 96.6 cm³/mol. The fourth-order valence-electron chi connectivity index (χ4n) is 3.46. The van der Waals surface area contributed by atoms with Crippen LogP contribution >= 0.6 is 11.3 Å². The van der Waals surface area contributed by atoms with Crippen molar-refractivity contribution in [1.82, 2.24) is 9.38 Å². The zero-order valence-electron chi connectivity index (χ0n) is 13.9. The van der Waals surface area contributed by atoms with Gasteiger partial charge in [-0.3, -0.25) is 9.20 Å². The summed E-state index contributed by atoms with van der Waals surface area (Å²) in [6, 6.07) is 5.94. The molecule has 2 aromatic heterocycles. The molecule has 3 heterocycles. The first-order valence-electron chi connectivity index (χ1n) is 8.14. The average Bonchev–Trinajstić information content (AvgIpc) is 3.25. The Bertz CT molecular complexity index is 1020. The highest BCUT2D eigenvalue weighted by molar-refractivity contribution is 7.15. The fourth-order valence-corrected chi connectivity index (χ4v) is 4.37. The second kappa shape index (κ2) is 5.70. The van der Waals surface area contributed by atoms with Crippen LogP contribution in [0.5, 0.6) is 0 Å². The molecule has 0 bridgehead atoms. The highest BCUT2D eigenvalue weighted by atomic mass is 32.1. The van der Waals surface area contributed by atoms with E-state index in [0.717, 1.165) is 28.9 Å². The zero-order chi connectivity index (χ0) is 17.7. The number of carboxylic acid groups (broad SMARTS) is 1. The molecule has 0 atom stereocenters. The number of aromatic carboxylic acids is 1. The van der Waals surface area contributed by atoms with Crippen LogP contribution < -0.4 is 4.90 Å². The van der Waals surface area contributed by atoms with Crippen molar-refractivity contribution in [3.05, 3.63) is 40.5 Å². The molecular weight excluding hydrogens is 338 g/mol. The normalized spacial score (nSPS) is 13.4. The number of aromatic nitrogens is 2. The number of aryl methyl sites for hydroxylation is 1. The van der Waals surface area contributed by atoms with Crippen molar-refractivity contribution < 1.29 is 14.7 Å². The second-order valence-electron chi connectivity index (χ2n) is 6.07. The summed E-state index contributed by atoms with van der Waals surface area (Å²) in [6.07, 6.45) is 1.39. The van der Waals surface area contributed by atoms with Gasteiger partial charge in [-0.2, -0.15) is 0 Å². The second-order valence-corrected chi connectivity index (χ2v) is 6.91. The van der Waals surface area contributed by atoms with Crippen molar-refractivity contribution in [2.45, 2.75) is 26.7 Å². The Labute approximate surface area is 148 Å². The van der Waals surface area contributed by atoms with E-state index in [1.807, 2.05) is 24.4 Å². The average molecular weight is 355 g/mol. The molecule has 1 N–H and O–H groups in total. The molecule has 6 nitrogen and oxygen atoms in total. The Kier molecular flexibility index (Phi) is 3.61. The third-order valence-electron chi connectivity index (χ3n) is 4.62. The Hall–Kier alpha value is -2.67. The van der Waals surface area contributed by atoms with Crippen molar-refractivity contribution in [1.29, 1.82) is 0 Å². The van der Waals surface area contributed by atoms with Gasteiger partial charge in [-0.25, -0.2) is 9.78 Å². The minimum atomic E-state index is -0.965. The summed E-state index contributed by atoms with van der Waals surface area (Å²) < 4.78 is 1.73. The smallest absolute Gasteiger partial charge is 0.354 e. The van der Waals surface area contributed by atoms with Gasteiger partial charge < -0.3 is 10.0 Å². The number of anilines is 1. The molecule has 0 saturated heterocycles. The van der Waals surface area contributed by atoms with E-state index < -0.39 is 5.97 Å². The molecule has 128 valence electrons. The minimum Gasteiger partial charge on any atom is -0.477 e. The maximum atomic E-state index is 11.7. The van der Waals surface area contributed by atoms with E-state index in [4.69, 9.17) is 0 Å². The van der Waals surface area contributed by atoms with E-state index in [9.17, 15) is 14.7 Å². The van der Waals surface area contributed by atoms with Gasteiger partial charge >= 0.3 is 5.97 Å². The lowest BCUT2D eigenvalue weighted by atomic mass is 10.1. The molecule has 0 aliphatic carbocycles. The number of nitrogens with zero attached hydrogens (tertiary/aromatic N) is 3. The van der Waals surface area contributed by atoms with Gasteiger partial charge in [0.2, 0.25) is 5.91 Å². The molecule has 0 fully saturated rings. The number of rotatable bonds is 3. The molecule has 7 heteroatoms. The Morgan fingerprint density at radius 3 is 2.84 bits per heavy atom. The summed E-state index contributed by atoms with van der Waals surface area (Å²) in [5, 5.41) is 11.6. The molecule has 3 aromatic rings. The van der Waals surface area contributed by atoms with Crippen LogP contribution in [0.1, 0.15) is 35.6 Å². The van der Waals surface area contributed by atoms with Crippen LogP contribution in [0.25, 0.3) is 16.2 Å². The van der Waals surface area contributed by atoms with Gasteiger partial charge in [0, 0.05) is 24.5 Å². The number of imidazole rings is 1. The number of carbonyl (C=O) groups excluding carboxylic acids is 1. The number of amides is 1. The molecule has 0 spiro atoms. The summed E-state index contributed by atoms with van der Waals surface area (Å²) in [5.74, 6) is -0.923. The van der Waals surface area contributed by atoms with E-state index in [-0.39, 0.29) is 11.6 Å². The highest BCUT2D eigenvalue weighted by Crippen LogP contribution is 2.35. The van der Waals surface area contributed by atoms with Crippen LogP contribution in [-0.2, 0) is 17.6 Å². The predicted octanol–water partition coefficient (Wildman–Crippen LogP) is 3.23. The van der Waals surface area contributed by atoms with E-state index in [1.165, 1.54) is 11.3 Å². The number of carboxylic acids is 1. The maximum absolute atomic E-state index is 11.7. The zero-order valence-corrected chi connectivity index (χ0v) is 14.8. The van der Waals surface area contributed by atoms with Crippen LogP contribution in [0.4, 0.5) is 5.69 Å².